The van der Waals surface area contributed by atoms with Crippen LogP contribution in [0.15, 0.2) is 5.38 Å². The largest absolute Gasteiger partial charge is 0.332 e. The van der Waals surface area contributed by atoms with Gasteiger partial charge in [-0.05, 0) is 26.2 Å². The lowest BCUT2D eigenvalue weighted by atomic mass is 10.0. The van der Waals surface area contributed by atoms with E-state index in [9.17, 15) is 14.4 Å². The summed E-state index contributed by atoms with van der Waals surface area (Å²) in [7, 11) is 0. The van der Waals surface area contributed by atoms with E-state index in [1.807, 2.05) is 17.2 Å². The molecule has 0 aromatic carbocycles. The molecule has 124 valence electrons. The van der Waals surface area contributed by atoms with E-state index in [0.29, 0.717) is 13.1 Å². The summed E-state index contributed by atoms with van der Waals surface area (Å²) >= 11 is 1.58. The Morgan fingerprint density at radius 1 is 1.39 bits per heavy atom. The molecular weight excluding hydrogens is 316 g/mol. The van der Waals surface area contributed by atoms with Gasteiger partial charge in [0.15, 0.2) is 0 Å². The number of nitrogens with one attached hydrogen (secondary N) is 1. The van der Waals surface area contributed by atoms with Crippen molar-refractivity contribution in [1.82, 2.24) is 20.1 Å². The van der Waals surface area contributed by atoms with Crippen LogP contribution in [0.25, 0.3) is 0 Å². The van der Waals surface area contributed by atoms with E-state index in [1.54, 1.807) is 11.3 Å². The molecule has 3 rings (SSSR count). The molecule has 2 saturated heterocycles. The van der Waals surface area contributed by atoms with Gasteiger partial charge >= 0.3 is 6.03 Å². The van der Waals surface area contributed by atoms with Gasteiger partial charge in [-0.3, -0.25) is 14.9 Å². The maximum atomic E-state index is 12.7. The fourth-order valence-corrected chi connectivity index (χ4v) is 3.96. The van der Waals surface area contributed by atoms with Crippen LogP contribution in [0.4, 0.5) is 4.79 Å². The molecule has 1 atom stereocenters. The minimum Gasteiger partial charge on any atom is -0.332 e. The zero-order valence-electron chi connectivity index (χ0n) is 13.1. The molecule has 0 radical (unpaired) electrons. The van der Waals surface area contributed by atoms with Crippen molar-refractivity contribution < 1.29 is 14.4 Å². The predicted molar refractivity (Wildman–Crippen MR) is 84.9 cm³/mol. The van der Waals surface area contributed by atoms with Crippen LogP contribution in [0.1, 0.15) is 42.4 Å². The van der Waals surface area contributed by atoms with E-state index in [0.717, 1.165) is 30.0 Å². The van der Waals surface area contributed by atoms with E-state index < -0.39 is 6.03 Å². The lowest BCUT2D eigenvalue weighted by Crippen LogP contribution is -2.53. The van der Waals surface area contributed by atoms with Gasteiger partial charge < -0.3 is 9.80 Å². The topological polar surface area (TPSA) is 82.6 Å². The summed E-state index contributed by atoms with van der Waals surface area (Å²) in [5.41, 5.74) is 0.969. The first-order valence-electron chi connectivity index (χ1n) is 7.85. The molecule has 0 bridgehead atoms. The normalized spacial score (nSPS) is 22.2. The molecule has 2 aliphatic heterocycles. The van der Waals surface area contributed by atoms with E-state index in [1.165, 1.54) is 4.90 Å². The van der Waals surface area contributed by atoms with Gasteiger partial charge in [0.25, 0.3) is 0 Å². The Morgan fingerprint density at radius 3 is 2.91 bits per heavy atom. The molecule has 2 fully saturated rings. The van der Waals surface area contributed by atoms with Gasteiger partial charge in [-0.25, -0.2) is 9.78 Å². The van der Waals surface area contributed by atoms with Crippen molar-refractivity contribution in [3.8, 4) is 0 Å². The third kappa shape index (κ3) is 3.52. The minimum absolute atomic E-state index is 0.00411. The molecule has 2 aliphatic rings. The first-order chi connectivity index (χ1) is 11.0. The summed E-state index contributed by atoms with van der Waals surface area (Å²) < 4.78 is 0. The van der Waals surface area contributed by atoms with E-state index in [-0.39, 0.29) is 30.8 Å². The lowest BCUT2D eigenvalue weighted by Gasteiger charge is -2.36. The summed E-state index contributed by atoms with van der Waals surface area (Å²) in [5.74, 6) is -0.361. The monoisotopic (exact) mass is 336 g/mol. The van der Waals surface area contributed by atoms with Gasteiger partial charge in [0.1, 0.15) is 11.6 Å². The molecule has 0 unspecified atom stereocenters. The number of likely N-dealkylation sites (tertiary alicyclic amines) is 1. The highest BCUT2D eigenvalue weighted by molar-refractivity contribution is 7.09. The van der Waals surface area contributed by atoms with Crippen molar-refractivity contribution in [3.63, 3.8) is 0 Å². The van der Waals surface area contributed by atoms with Crippen molar-refractivity contribution in [2.75, 3.05) is 19.6 Å². The fraction of sp³-hybridized carbons (Fsp3) is 0.600. The molecule has 1 aromatic heterocycles. The van der Waals surface area contributed by atoms with Crippen LogP contribution in [0, 0.1) is 6.92 Å². The van der Waals surface area contributed by atoms with E-state index in [2.05, 4.69) is 10.3 Å². The Kier molecular flexibility index (Phi) is 4.61. The number of carbonyl (C=O) groups excluding carboxylic acids is 3. The molecule has 0 aliphatic carbocycles. The number of rotatable bonds is 3. The van der Waals surface area contributed by atoms with E-state index >= 15 is 0 Å². The van der Waals surface area contributed by atoms with Crippen molar-refractivity contribution in [2.45, 2.75) is 38.6 Å². The average molecular weight is 336 g/mol. The first kappa shape index (κ1) is 15.9. The van der Waals surface area contributed by atoms with Crippen molar-refractivity contribution in [1.29, 1.82) is 0 Å². The van der Waals surface area contributed by atoms with Crippen LogP contribution >= 0.6 is 11.3 Å². The summed E-state index contributed by atoms with van der Waals surface area (Å²) in [4.78, 5) is 43.4. The number of hydrogen-bond acceptors (Lipinski definition) is 5. The Labute approximate surface area is 138 Å². The molecule has 8 heteroatoms. The Hall–Kier alpha value is -1.96. The van der Waals surface area contributed by atoms with Gasteiger partial charge in [0.2, 0.25) is 11.8 Å². The van der Waals surface area contributed by atoms with Gasteiger partial charge in [-0.1, -0.05) is 0 Å². The van der Waals surface area contributed by atoms with Crippen LogP contribution in [-0.4, -0.2) is 52.3 Å². The zero-order chi connectivity index (χ0) is 16.4. The highest BCUT2D eigenvalue weighted by Gasteiger charge is 2.32. The van der Waals surface area contributed by atoms with Gasteiger partial charge in [-0.15, -0.1) is 11.3 Å². The third-order valence-corrected chi connectivity index (χ3v) is 5.28. The number of thiazole rings is 1. The molecule has 4 amide bonds. The first-order valence-corrected chi connectivity index (χ1v) is 8.73. The molecule has 23 heavy (non-hydrogen) atoms. The number of urea groups is 1. The fourth-order valence-electron chi connectivity index (χ4n) is 3.02. The van der Waals surface area contributed by atoms with Crippen LogP contribution in [0.2, 0.25) is 0 Å². The van der Waals surface area contributed by atoms with Gasteiger partial charge in [0, 0.05) is 30.6 Å². The number of aryl methyl sites for hydroxylation is 1. The number of piperidine rings is 1. The minimum atomic E-state index is -0.478. The molecule has 0 spiro atoms. The van der Waals surface area contributed by atoms with Crippen molar-refractivity contribution in [3.05, 3.63) is 16.1 Å². The highest BCUT2D eigenvalue weighted by atomic mass is 32.1. The lowest BCUT2D eigenvalue weighted by molar-refractivity contribution is -0.136. The highest BCUT2D eigenvalue weighted by Crippen LogP contribution is 2.32. The average Bonchev–Trinajstić information content (AvgIpc) is 2.96. The number of hydrogen-bond donors (Lipinski definition) is 1. The van der Waals surface area contributed by atoms with Crippen LogP contribution in [-0.2, 0) is 9.59 Å². The van der Waals surface area contributed by atoms with Crippen LogP contribution in [0.5, 0.6) is 0 Å². The third-order valence-electron chi connectivity index (χ3n) is 4.21. The summed E-state index contributed by atoms with van der Waals surface area (Å²) in [5, 5.41) is 5.21. The second kappa shape index (κ2) is 6.66. The van der Waals surface area contributed by atoms with Gasteiger partial charge in [0.05, 0.1) is 6.04 Å². The van der Waals surface area contributed by atoms with Crippen molar-refractivity contribution >= 4 is 29.2 Å². The van der Waals surface area contributed by atoms with Gasteiger partial charge in [-0.2, -0.15) is 0 Å². The summed E-state index contributed by atoms with van der Waals surface area (Å²) in [6.07, 6.45) is 3.19. The predicted octanol–water partition coefficient (Wildman–Crippen LogP) is 1.45. The molecule has 1 N–H and O–H groups in total. The standard InChI is InChI=1S/C15H20N4O3S/c1-10-9-23-14(16-10)11-4-2-3-6-19(11)13(21)8-18-7-5-12(20)17-15(18)22/h9,11H,2-8H2,1H3,(H,17,20,22)/t11-/m1/s1. The number of amides is 4. The quantitative estimate of drug-likeness (QED) is 0.905. The SMILES string of the molecule is Cc1csc([C@H]2CCCCN2C(=O)CN2CCC(=O)NC2=O)n1. The van der Waals surface area contributed by atoms with E-state index in [4.69, 9.17) is 0 Å². The zero-order valence-corrected chi connectivity index (χ0v) is 13.9. The summed E-state index contributed by atoms with van der Waals surface area (Å²) in [6, 6.07) is -0.474. The second-order valence-electron chi connectivity index (χ2n) is 5.95. The Bertz CT molecular complexity index is 630. The smallest absolute Gasteiger partial charge is 0.324 e. The van der Waals surface area contributed by atoms with Crippen LogP contribution < -0.4 is 5.32 Å². The number of aromatic nitrogens is 1. The number of nitrogens with zero attached hydrogens (tertiary/aromatic N) is 3. The Morgan fingerprint density at radius 2 is 2.22 bits per heavy atom. The molecule has 1 aromatic rings. The van der Waals surface area contributed by atoms with Crippen LogP contribution in [0.3, 0.4) is 0 Å². The maximum absolute atomic E-state index is 12.7. The molecule has 7 nitrogen and oxygen atoms in total. The second-order valence-corrected chi connectivity index (χ2v) is 6.84. The van der Waals surface area contributed by atoms with Crippen molar-refractivity contribution in [2.24, 2.45) is 0 Å². The molecular formula is C15H20N4O3S. The Balaban J connectivity index is 1.69. The molecule has 3 heterocycles. The summed E-state index contributed by atoms with van der Waals surface area (Å²) in [6.45, 7) is 2.95. The number of carbonyl (C=O) groups is 3. The number of imide groups is 1. The maximum Gasteiger partial charge on any atom is 0.324 e. The molecule has 0 saturated carbocycles.